The molecule has 2 atom stereocenters. The summed E-state index contributed by atoms with van der Waals surface area (Å²) in [5.41, 5.74) is 6.86. The van der Waals surface area contributed by atoms with Gasteiger partial charge in [0, 0.05) is 27.1 Å². The molecular formula is C16H19BrN2OS. The number of halogens is 1. The highest BCUT2D eigenvalue weighted by Crippen LogP contribution is 2.39. The summed E-state index contributed by atoms with van der Waals surface area (Å²) in [5.74, 6) is 0.776. The minimum absolute atomic E-state index is 0.0833. The van der Waals surface area contributed by atoms with Crippen molar-refractivity contribution in [1.29, 1.82) is 0 Å². The van der Waals surface area contributed by atoms with Crippen LogP contribution in [0.4, 0.5) is 5.69 Å². The molecule has 2 heterocycles. The number of rotatable bonds is 1. The number of hydrogen-bond donors (Lipinski definition) is 1. The molecular weight excluding hydrogens is 348 g/mol. The van der Waals surface area contributed by atoms with E-state index < -0.39 is 0 Å². The maximum absolute atomic E-state index is 12.9. The molecule has 3 nitrogen and oxygen atoms in total. The number of anilines is 1. The van der Waals surface area contributed by atoms with Gasteiger partial charge in [0.05, 0.1) is 5.69 Å². The largest absolute Gasteiger partial charge is 0.397 e. The molecule has 1 aromatic heterocycles. The minimum Gasteiger partial charge on any atom is -0.397 e. The quantitative estimate of drug-likeness (QED) is 0.806. The molecule has 1 aromatic carbocycles. The van der Waals surface area contributed by atoms with E-state index >= 15 is 0 Å². The molecule has 2 aromatic rings. The van der Waals surface area contributed by atoms with Crippen LogP contribution in [-0.4, -0.2) is 23.4 Å². The lowest BCUT2D eigenvalue weighted by atomic mass is 9.93. The first-order valence-electron chi connectivity index (χ1n) is 7.26. The lowest BCUT2D eigenvalue weighted by Crippen LogP contribution is -2.44. The van der Waals surface area contributed by atoms with Gasteiger partial charge in [-0.3, -0.25) is 4.79 Å². The third-order valence-corrected chi connectivity index (χ3v) is 6.11. The Morgan fingerprint density at radius 3 is 2.86 bits per heavy atom. The molecule has 0 aliphatic carbocycles. The van der Waals surface area contributed by atoms with Crippen molar-refractivity contribution in [3.63, 3.8) is 0 Å². The van der Waals surface area contributed by atoms with Gasteiger partial charge in [-0.25, -0.2) is 0 Å². The van der Waals surface area contributed by atoms with Crippen molar-refractivity contribution >= 4 is 48.9 Å². The number of amides is 1. The first-order chi connectivity index (χ1) is 9.99. The zero-order valence-electron chi connectivity index (χ0n) is 12.2. The van der Waals surface area contributed by atoms with E-state index in [0.29, 0.717) is 16.5 Å². The fraction of sp³-hybridized carbons (Fsp3) is 0.438. The fourth-order valence-electron chi connectivity index (χ4n) is 3.13. The Morgan fingerprint density at radius 1 is 1.43 bits per heavy atom. The number of thiophene rings is 1. The van der Waals surface area contributed by atoms with Crippen molar-refractivity contribution in [2.45, 2.75) is 32.7 Å². The lowest BCUT2D eigenvalue weighted by Gasteiger charge is -2.36. The summed E-state index contributed by atoms with van der Waals surface area (Å²) in [5, 5.41) is 0.962. The molecule has 0 radical (unpaired) electrons. The third-order valence-electron chi connectivity index (χ3n) is 4.29. The molecule has 0 spiro atoms. The molecule has 2 unspecified atom stereocenters. The van der Waals surface area contributed by atoms with E-state index in [0.717, 1.165) is 33.9 Å². The summed E-state index contributed by atoms with van der Waals surface area (Å²) < 4.78 is 2.01. The third kappa shape index (κ3) is 2.57. The molecule has 1 fully saturated rings. The predicted octanol–water partition coefficient (Wildman–Crippen LogP) is 4.51. The molecule has 21 heavy (non-hydrogen) atoms. The van der Waals surface area contributed by atoms with Crippen LogP contribution in [0.1, 0.15) is 36.4 Å². The van der Waals surface area contributed by atoms with E-state index in [9.17, 15) is 4.79 Å². The second-order valence-electron chi connectivity index (χ2n) is 5.93. The monoisotopic (exact) mass is 366 g/mol. The Balaban J connectivity index is 1.99. The zero-order chi connectivity index (χ0) is 15.1. The van der Waals surface area contributed by atoms with E-state index in [1.807, 2.05) is 23.1 Å². The fourth-order valence-corrected chi connectivity index (χ4v) is 4.94. The molecule has 1 saturated heterocycles. The van der Waals surface area contributed by atoms with Crippen molar-refractivity contribution < 1.29 is 4.79 Å². The number of carbonyl (C=O) groups excluding carboxylic acids is 1. The molecule has 0 bridgehead atoms. The van der Waals surface area contributed by atoms with E-state index in [-0.39, 0.29) is 11.9 Å². The van der Waals surface area contributed by atoms with Gasteiger partial charge in [0.1, 0.15) is 4.88 Å². The smallest absolute Gasteiger partial charge is 0.266 e. The number of hydrogen-bond acceptors (Lipinski definition) is 3. The van der Waals surface area contributed by atoms with Crippen molar-refractivity contribution in [3.05, 3.63) is 27.5 Å². The molecule has 0 saturated carbocycles. The number of carbonyl (C=O) groups is 1. The van der Waals surface area contributed by atoms with Crippen LogP contribution in [0, 0.1) is 5.92 Å². The summed E-state index contributed by atoms with van der Waals surface area (Å²) in [7, 11) is 0. The van der Waals surface area contributed by atoms with Gasteiger partial charge in [0.25, 0.3) is 5.91 Å². The molecule has 1 aliphatic heterocycles. The van der Waals surface area contributed by atoms with Gasteiger partial charge in [-0.15, -0.1) is 11.3 Å². The second kappa shape index (κ2) is 5.61. The van der Waals surface area contributed by atoms with Crippen LogP contribution in [0.15, 0.2) is 22.7 Å². The van der Waals surface area contributed by atoms with Gasteiger partial charge in [0.2, 0.25) is 0 Å². The lowest BCUT2D eigenvalue weighted by molar-refractivity contribution is 0.0594. The highest BCUT2D eigenvalue weighted by atomic mass is 79.9. The van der Waals surface area contributed by atoms with Crippen LogP contribution >= 0.6 is 27.3 Å². The zero-order valence-corrected chi connectivity index (χ0v) is 14.6. The van der Waals surface area contributed by atoms with Crippen LogP contribution in [0.25, 0.3) is 10.1 Å². The number of fused-ring (bicyclic) bond motifs is 1. The van der Waals surface area contributed by atoms with Crippen molar-refractivity contribution in [1.82, 2.24) is 4.90 Å². The maximum atomic E-state index is 12.9. The number of nitrogens with zero attached hydrogens (tertiary/aromatic N) is 1. The van der Waals surface area contributed by atoms with Crippen molar-refractivity contribution in [2.75, 3.05) is 12.3 Å². The summed E-state index contributed by atoms with van der Waals surface area (Å²) in [6.07, 6.45) is 2.14. The number of likely N-dealkylation sites (tertiary alicyclic amines) is 1. The van der Waals surface area contributed by atoms with Crippen LogP contribution in [0.5, 0.6) is 0 Å². The van der Waals surface area contributed by atoms with Crippen LogP contribution in [-0.2, 0) is 0 Å². The van der Waals surface area contributed by atoms with Crippen molar-refractivity contribution in [3.8, 4) is 0 Å². The number of nitrogen functional groups attached to an aromatic ring is 1. The Bertz CT molecular complexity index is 697. The summed E-state index contributed by atoms with van der Waals surface area (Å²) in [6.45, 7) is 5.21. The first kappa shape index (κ1) is 14.9. The van der Waals surface area contributed by atoms with E-state index in [4.69, 9.17) is 5.73 Å². The van der Waals surface area contributed by atoms with Gasteiger partial charge >= 0.3 is 0 Å². The van der Waals surface area contributed by atoms with Gasteiger partial charge in [-0.1, -0.05) is 28.9 Å². The number of piperidine rings is 1. The average Bonchev–Trinajstić information content (AvgIpc) is 2.77. The standard InChI is InChI=1S/C16H19BrN2OS/c1-9-6-7-19(10(2)8-9)16(20)15-14(18)13-11(17)4-3-5-12(13)21-15/h3-5,9-10H,6-8,18H2,1-2H3. The average molecular weight is 367 g/mol. The van der Waals surface area contributed by atoms with Crippen LogP contribution in [0.2, 0.25) is 0 Å². The molecule has 112 valence electrons. The normalized spacial score (nSPS) is 22.7. The number of nitrogens with two attached hydrogens (primary N) is 1. The Kier molecular flexibility index (Phi) is 3.97. The van der Waals surface area contributed by atoms with Gasteiger partial charge in [0.15, 0.2) is 0 Å². The SMILES string of the molecule is CC1CCN(C(=O)c2sc3cccc(Br)c3c2N)C(C)C1. The summed E-state index contributed by atoms with van der Waals surface area (Å²) in [6, 6.07) is 6.24. The second-order valence-corrected chi connectivity index (χ2v) is 7.84. The highest BCUT2D eigenvalue weighted by Gasteiger charge is 2.30. The van der Waals surface area contributed by atoms with Gasteiger partial charge in [-0.05, 0) is 37.8 Å². The molecule has 5 heteroatoms. The number of benzene rings is 1. The summed E-state index contributed by atoms with van der Waals surface area (Å²) >= 11 is 5.02. The first-order valence-corrected chi connectivity index (χ1v) is 8.87. The van der Waals surface area contributed by atoms with Gasteiger partial charge in [-0.2, -0.15) is 0 Å². The molecule has 2 N–H and O–H groups in total. The van der Waals surface area contributed by atoms with E-state index in [1.165, 1.54) is 11.3 Å². The predicted molar refractivity (Wildman–Crippen MR) is 92.8 cm³/mol. The summed E-state index contributed by atoms with van der Waals surface area (Å²) in [4.78, 5) is 15.5. The molecule has 1 amide bonds. The van der Waals surface area contributed by atoms with E-state index in [1.54, 1.807) is 0 Å². The van der Waals surface area contributed by atoms with E-state index in [2.05, 4.69) is 29.8 Å². The minimum atomic E-state index is 0.0833. The van der Waals surface area contributed by atoms with Crippen LogP contribution < -0.4 is 5.73 Å². The Morgan fingerprint density at radius 2 is 2.19 bits per heavy atom. The Labute approximate surface area is 137 Å². The van der Waals surface area contributed by atoms with Crippen LogP contribution in [0.3, 0.4) is 0 Å². The maximum Gasteiger partial charge on any atom is 0.266 e. The van der Waals surface area contributed by atoms with Crippen molar-refractivity contribution in [2.24, 2.45) is 5.92 Å². The Hall–Kier alpha value is -1.07. The molecule has 1 aliphatic rings. The molecule has 3 rings (SSSR count). The van der Waals surface area contributed by atoms with Gasteiger partial charge < -0.3 is 10.6 Å². The highest BCUT2D eigenvalue weighted by molar-refractivity contribution is 9.10. The topological polar surface area (TPSA) is 46.3 Å².